The molecule has 1 saturated heterocycles. The molecule has 0 aliphatic carbocycles. The molecule has 1 amide bonds. The zero-order chi connectivity index (χ0) is 17.9. The largest absolute Gasteiger partial charge is 0.342 e. The summed E-state index contributed by atoms with van der Waals surface area (Å²) in [6.07, 6.45) is 1.29. The van der Waals surface area contributed by atoms with Crippen molar-refractivity contribution in [1.29, 1.82) is 0 Å². The van der Waals surface area contributed by atoms with Crippen LogP contribution in [-0.4, -0.2) is 34.0 Å². The van der Waals surface area contributed by atoms with Gasteiger partial charge in [-0.1, -0.05) is 65.3 Å². The van der Waals surface area contributed by atoms with E-state index < -0.39 is 0 Å². The average Bonchev–Trinajstić information content (AvgIpc) is 3.28. The first-order valence-corrected chi connectivity index (χ1v) is 8.91. The number of hydrogen-bond acceptors (Lipinski definition) is 4. The number of rotatable bonds is 5. The van der Waals surface area contributed by atoms with E-state index >= 15 is 0 Å². The van der Waals surface area contributed by atoms with Crippen LogP contribution in [0.1, 0.15) is 29.4 Å². The molecular formula is C21H21N3O2. The van der Waals surface area contributed by atoms with Gasteiger partial charge in [0.1, 0.15) is 0 Å². The summed E-state index contributed by atoms with van der Waals surface area (Å²) in [6.45, 7) is 3.40. The molecular weight excluding hydrogens is 326 g/mol. The maximum absolute atomic E-state index is 12.3. The molecule has 1 unspecified atom stereocenters. The number of carbonyl (C=O) groups is 1. The van der Waals surface area contributed by atoms with Crippen LogP contribution in [0.25, 0.3) is 11.4 Å². The van der Waals surface area contributed by atoms with Gasteiger partial charge in [0.05, 0.1) is 5.92 Å². The molecule has 0 bridgehead atoms. The van der Waals surface area contributed by atoms with Crippen LogP contribution in [0.4, 0.5) is 0 Å². The highest BCUT2D eigenvalue weighted by Gasteiger charge is 2.34. The lowest BCUT2D eigenvalue weighted by Gasteiger charge is -2.15. The molecule has 5 nitrogen and oxygen atoms in total. The molecule has 1 aromatic heterocycles. The number of aryl methyl sites for hydroxylation is 1. The van der Waals surface area contributed by atoms with Gasteiger partial charge in [-0.2, -0.15) is 4.98 Å². The Morgan fingerprint density at radius 3 is 2.65 bits per heavy atom. The molecule has 0 spiro atoms. The van der Waals surface area contributed by atoms with Gasteiger partial charge in [0, 0.05) is 25.1 Å². The first-order valence-electron chi connectivity index (χ1n) is 8.91. The number of likely N-dealkylation sites (tertiary alicyclic amines) is 1. The second kappa shape index (κ2) is 7.12. The molecule has 3 aromatic rings. The van der Waals surface area contributed by atoms with Gasteiger partial charge in [-0.25, -0.2) is 0 Å². The van der Waals surface area contributed by atoms with Gasteiger partial charge in [0.2, 0.25) is 17.6 Å². The van der Waals surface area contributed by atoms with Crippen LogP contribution < -0.4 is 0 Å². The van der Waals surface area contributed by atoms with E-state index in [-0.39, 0.29) is 11.8 Å². The summed E-state index contributed by atoms with van der Waals surface area (Å²) < 4.78 is 5.45. The normalized spacial score (nSPS) is 17.0. The van der Waals surface area contributed by atoms with Crippen molar-refractivity contribution in [2.24, 2.45) is 0 Å². The van der Waals surface area contributed by atoms with E-state index in [1.165, 1.54) is 11.1 Å². The number of carbonyl (C=O) groups excluding carboxylic acids is 1. The molecule has 1 aliphatic rings. The number of nitrogens with zero attached hydrogens (tertiary/aromatic N) is 3. The van der Waals surface area contributed by atoms with Crippen LogP contribution in [0.5, 0.6) is 0 Å². The van der Waals surface area contributed by atoms with E-state index in [2.05, 4.69) is 22.3 Å². The van der Waals surface area contributed by atoms with Gasteiger partial charge in [0.25, 0.3) is 0 Å². The van der Waals surface area contributed by atoms with E-state index in [1.54, 1.807) is 0 Å². The summed E-state index contributed by atoms with van der Waals surface area (Å²) in [6, 6.07) is 18.2. The molecule has 1 atom stereocenters. The highest BCUT2D eigenvalue weighted by molar-refractivity contribution is 5.79. The number of amides is 1. The quantitative estimate of drug-likeness (QED) is 0.707. The average molecular weight is 347 g/mol. The SMILES string of the molecule is Cc1ccc(-c2noc(C3CC(=O)N(CCc4ccccc4)C3)n2)cc1. The summed E-state index contributed by atoms with van der Waals surface area (Å²) in [5, 5.41) is 4.09. The number of hydrogen-bond donors (Lipinski definition) is 0. The summed E-state index contributed by atoms with van der Waals surface area (Å²) in [5.41, 5.74) is 3.35. The summed E-state index contributed by atoms with van der Waals surface area (Å²) in [4.78, 5) is 18.7. The highest BCUT2D eigenvalue weighted by Crippen LogP contribution is 2.28. The van der Waals surface area contributed by atoms with Crippen LogP contribution in [0.15, 0.2) is 59.1 Å². The van der Waals surface area contributed by atoms with Crippen molar-refractivity contribution < 1.29 is 9.32 Å². The second-order valence-electron chi connectivity index (χ2n) is 6.80. The molecule has 0 radical (unpaired) electrons. The van der Waals surface area contributed by atoms with E-state index in [0.29, 0.717) is 24.7 Å². The molecule has 132 valence electrons. The van der Waals surface area contributed by atoms with Crippen molar-refractivity contribution in [1.82, 2.24) is 15.0 Å². The van der Waals surface area contributed by atoms with Gasteiger partial charge in [-0.15, -0.1) is 0 Å². The predicted octanol–water partition coefficient (Wildman–Crippen LogP) is 3.60. The zero-order valence-electron chi connectivity index (χ0n) is 14.8. The van der Waals surface area contributed by atoms with E-state index in [0.717, 1.165) is 18.5 Å². The van der Waals surface area contributed by atoms with Gasteiger partial charge < -0.3 is 9.42 Å². The molecule has 0 N–H and O–H groups in total. The van der Waals surface area contributed by atoms with Crippen LogP contribution in [0.2, 0.25) is 0 Å². The first kappa shape index (κ1) is 16.5. The lowest BCUT2D eigenvalue weighted by atomic mass is 10.1. The molecule has 26 heavy (non-hydrogen) atoms. The van der Waals surface area contributed by atoms with E-state index in [1.807, 2.05) is 54.3 Å². The van der Waals surface area contributed by atoms with Gasteiger partial charge >= 0.3 is 0 Å². The number of aromatic nitrogens is 2. The number of benzene rings is 2. The van der Waals surface area contributed by atoms with Crippen LogP contribution >= 0.6 is 0 Å². The monoisotopic (exact) mass is 347 g/mol. The van der Waals surface area contributed by atoms with E-state index in [4.69, 9.17) is 4.52 Å². The van der Waals surface area contributed by atoms with Crippen LogP contribution in [0, 0.1) is 6.92 Å². The maximum atomic E-state index is 12.3. The van der Waals surface area contributed by atoms with Crippen molar-refractivity contribution in [3.8, 4) is 11.4 Å². The van der Waals surface area contributed by atoms with E-state index in [9.17, 15) is 4.79 Å². The smallest absolute Gasteiger partial charge is 0.232 e. The van der Waals surface area contributed by atoms with Crippen LogP contribution in [-0.2, 0) is 11.2 Å². The fraction of sp³-hybridized carbons (Fsp3) is 0.286. The Morgan fingerprint density at radius 2 is 1.88 bits per heavy atom. The Bertz CT molecular complexity index is 887. The van der Waals surface area contributed by atoms with Crippen molar-refractivity contribution in [3.63, 3.8) is 0 Å². The summed E-state index contributed by atoms with van der Waals surface area (Å²) >= 11 is 0. The first-order chi connectivity index (χ1) is 12.7. The third kappa shape index (κ3) is 3.52. The highest BCUT2D eigenvalue weighted by atomic mass is 16.5. The molecule has 4 rings (SSSR count). The maximum Gasteiger partial charge on any atom is 0.232 e. The Kier molecular flexibility index (Phi) is 4.52. The van der Waals surface area contributed by atoms with Crippen molar-refractivity contribution in [2.45, 2.75) is 25.7 Å². The van der Waals surface area contributed by atoms with Gasteiger partial charge in [-0.3, -0.25) is 4.79 Å². The second-order valence-corrected chi connectivity index (χ2v) is 6.80. The minimum Gasteiger partial charge on any atom is -0.342 e. The Hall–Kier alpha value is -2.95. The third-order valence-electron chi connectivity index (χ3n) is 4.83. The van der Waals surface area contributed by atoms with Crippen LogP contribution in [0.3, 0.4) is 0 Å². The molecule has 2 heterocycles. The zero-order valence-corrected chi connectivity index (χ0v) is 14.8. The van der Waals surface area contributed by atoms with Gasteiger partial charge in [0.15, 0.2) is 0 Å². The Balaban J connectivity index is 1.41. The Morgan fingerprint density at radius 1 is 1.12 bits per heavy atom. The molecule has 0 saturated carbocycles. The van der Waals surface area contributed by atoms with Crippen molar-refractivity contribution in [2.75, 3.05) is 13.1 Å². The third-order valence-corrected chi connectivity index (χ3v) is 4.83. The lowest BCUT2D eigenvalue weighted by molar-refractivity contribution is -0.127. The van der Waals surface area contributed by atoms with Crippen molar-refractivity contribution >= 4 is 5.91 Å². The minimum atomic E-state index is -0.0232. The molecule has 1 aliphatic heterocycles. The fourth-order valence-electron chi connectivity index (χ4n) is 3.28. The molecule has 1 fully saturated rings. The Labute approximate surface area is 152 Å². The minimum absolute atomic E-state index is 0.0232. The summed E-state index contributed by atoms with van der Waals surface area (Å²) in [7, 11) is 0. The lowest BCUT2D eigenvalue weighted by Crippen LogP contribution is -2.27. The topological polar surface area (TPSA) is 59.2 Å². The fourth-order valence-corrected chi connectivity index (χ4v) is 3.28. The molecule has 5 heteroatoms. The van der Waals surface area contributed by atoms with Gasteiger partial charge in [-0.05, 0) is 18.9 Å². The predicted molar refractivity (Wildman–Crippen MR) is 98.6 cm³/mol. The molecule has 2 aromatic carbocycles. The van der Waals surface area contributed by atoms with Crippen molar-refractivity contribution in [3.05, 3.63) is 71.6 Å². The summed E-state index contributed by atoms with van der Waals surface area (Å²) in [5.74, 6) is 1.26. The standard InChI is InChI=1S/C21H21N3O2/c1-15-7-9-17(10-8-15)20-22-21(26-23-20)18-13-19(25)24(14-18)12-11-16-5-3-2-4-6-16/h2-10,18H,11-14H2,1H3.